The van der Waals surface area contributed by atoms with Gasteiger partial charge in [0.05, 0.1) is 18.2 Å². The number of hydrogen-bond acceptors (Lipinski definition) is 6. The first kappa shape index (κ1) is 17.2. The molecule has 0 unspecified atom stereocenters. The molecule has 0 saturated heterocycles. The van der Waals surface area contributed by atoms with Crippen molar-refractivity contribution >= 4 is 23.1 Å². The predicted octanol–water partition coefficient (Wildman–Crippen LogP) is 4.54. The number of nitrogens with one attached hydrogen (secondary N) is 2. The van der Waals surface area contributed by atoms with Gasteiger partial charge in [-0.25, -0.2) is 4.98 Å². The molecule has 2 aromatic carbocycles. The summed E-state index contributed by atoms with van der Waals surface area (Å²) in [4.78, 5) is 8.92. The van der Waals surface area contributed by atoms with E-state index in [1.54, 1.807) is 12.1 Å². The molecule has 26 heavy (non-hydrogen) atoms. The summed E-state index contributed by atoms with van der Waals surface area (Å²) >= 11 is 0. The molecule has 0 radical (unpaired) electrons. The number of rotatable bonds is 6. The molecule has 1 aromatic heterocycles. The van der Waals surface area contributed by atoms with E-state index in [4.69, 9.17) is 10.00 Å². The first-order valence-electron chi connectivity index (χ1n) is 8.29. The van der Waals surface area contributed by atoms with Crippen molar-refractivity contribution in [3.05, 3.63) is 65.9 Å². The second-order valence-corrected chi connectivity index (χ2v) is 5.61. The van der Waals surface area contributed by atoms with E-state index in [1.165, 1.54) is 0 Å². The van der Waals surface area contributed by atoms with Gasteiger partial charge in [0.25, 0.3) is 0 Å². The molecule has 0 aliphatic carbocycles. The summed E-state index contributed by atoms with van der Waals surface area (Å²) in [6.07, 6.45) is 0. The Kier molecular flexibility index (Phi) is 5.30. The Morgan fingerprint density at radius 1 is 0.962 bits per heavy atom. The first-order chi connectivity index (χ1) is 12.7. The van der Waals surface area contributed by atoms with Gasteiger partial charge in [-0.1, -0.05) is 0 Å². The third-order valence-electron chi connectivity index (χ3n) is 3.56. The third kappa shape index (κ3) is 4.48. The van der Waals surface area contributed by atoms with Gasteiger partial charge in [-0.3, -0.25) is 0 Å². The fraction of sp³-hybridized carbons (Fsp3) is 0.150. The minimum atomic E-state index is 0.505. The van der Waals surface area contributed by atoms with Gasteiger partial charge >= 0.3 is 0 Å². The summed E-state index contributed by atoms with van der Waals surface area (Å²) in [5.74, 6) is 2.01. The van der Waals surface area contributed by atoms with Gasteiger partial charge < -0.3 is 15.4 Å². The molecule has 130 valence electrons. The third-order valence-corrected chi connectivity index (χ3v) is 3.56. The lowest BCUT2D eigenvalue weighted by molar-refractivity contribution is 0.340. The van der Waals surface area contributed by atoms with E-state index in [0.717, 1.165) is 22.8 Å². The van der Waals surface area contributed by atoms with E-state index >= 15 is 0 Å². The zero-order chi connectivity index (χ0) is 18.4. The lowest BCUT2D eigenvalue weighted by Crippen LogP contribution is -2.02. The number of aryl methyl sites for hydroxylation is 1. The first-order valence-corrected chi connectivity index (χ1v) is 8.29. The van der Waals surface area contributed by atoms with Crippen LogP contribution in [0.3, 0.4) is 0 Å². The highest BCUT2D eigenvalue weighted by Gasteiger charge is 2.04. The fourth-order valence-corrected chi connectivity index (χ4v) is 2.39. The highest BCUT2D eigenvalue weighted by molar-refractivity contribution is 5.61. The Morgan fingerprint density at radius 2 is 1.62 bits per heavy atom. The summed E-state index contributed by atoms with van der Waals surface area (Å²) in [5.41, 5.74) is 3.19. The van der Waals surface area contributed by atoms with Crippen LogP contribution in [0.15, 0.2) is 54.6 Å². The van der Waals surface area contributed by atoms with Crippen LogP contribution in [0.4, 0.5) is 23.1 Å². The quantitative estimate of drug-likeness (QED) is 0.682. The predicted molar refractivity (Wildman–Crippen MR) is 102 cm³/mol. The van der Waals surface area contributed by atoms with E-state index in [1.807, 2.05) is 56.3 Å². The van der Waals surface area contributed by atoms with Crippen molar-refractivity contribution in [2.75, 3.05) is 17.2 Å². The Morgan fingerprint density at radius 3 is 2.27 bits per heavy atom. The average molecular weight is 345 g/mol. The largest absolute Gasteiger partial charge is 0.494 e. The van der Waals surface area contributed by atoms with Crippen LogP contribution in [0, 0.1) is 18.3 Å². The molecule has 3 aromatic rings. The van der Waals surface area contributed by atoms with Crippen molar-refractivity contribution in [1.29, 1.82) is 5.26 Å². The number of aromatic nitrogens is 2. The molecule has 6 heteroatoms. The van der Waals surface area contributed by atoms with Crippen molar-refractivity contribution in [2.45, 2.75) is 13.8 Å². The zero-order valence-electron chi connectivity index (χ0n) is 14.7. The fourth-order valence-electron chi connectivity index (χ4n) is 2.39. The molecule has 0 amide bonds. The minimum absolute atomic E-state index is 0.505. The Balaban J connectivity index is 1.75. The van der Waals surface area contributed by atoms with E-state index in [9.17, 15) is 0 Å². The average Bonchev–Trinajstić information content (AvgIpc) is 2.64. The van der Waals surface area contributed by atoms with Gasteiger partial charge in [-0.2, -0.15) is 10.2 Å². The van der Waals surface area contributed by atoms with Gasteiger partial charge in [0.15, 0.2) is 0 Å². The van der Waals surface area contributed by atoms with Crippen LogP contribution in [0.25, 0.3) is 0 Å². The van der Waals surface area contributed by atoms with Crippen molar-refractivity contribution < 1.29 is 4.74 Å². The van der Waals surface area contributed by atoms with Crippen LogP contribution in [-0.2, 0) is 0 Å². The van der Waals surface area contributed by atoms with Gasteiger partial charge in [0, 0.05) is 23.1 Å². The molecule has 0 fully saturated rings. The minimum Gasteiger partial charge on any atom is -0.494 e. The normalized spacial score (nSPS) is 10.0. The summed E-state index contributed by atoms with van der Waals surface area (Å²) in [5, 5.41) is 15.3. The van der Waals surface area contributed by atoms with E-state index < -0.39 is 0 Å². The topological polar surface area (TPSA) is 82.9 Å². The van der Waals surface area contributed by atoms with E-state index in [-0.39, 0.29) is 0 Å². The van der Waals surface area contributed by atoms with Crippen molar-refractivity contribution in [2.24, 2.45) is 0 Å². The number of anilines is 4. The molecule has 0 atom stereocenters. The highest BCUT2D eigenvalue weighted by atomic mass is 16.5. The van der Waals surface area contributed by atoms with Crippen LogP contribution >= 0.6 is 0 Å². The van der Waals surface area contributed by atoms with Crippen molar-refractivity contribution in [1.82, 2.24) is 9.97 Å². The Bertz CT molecular complexity index is 914. The van der Waals surface area contributed by atoms with Crippen LogP contribution in [0.5, 0.6) is 5.75 Å². The zero-order valence-corrected chi connectivity index (χ0v) is 14.7. The summed E-state index contributed by atoms with van der Waals surface area (Å²) in [7, 11) is 0. The maximum atomic E-state index is 8.87. The molecule has 0 spiro atoms. The smallest absolute Gasteiger partial charge is 0.229 e. The monoisotopic (exact) mass is 345 g/mol. The maximum Gasteiger partial charge on any atom is 0.229 e. The molecule has 0 bridgehead atoms. The molecule has 2 N–H and O–H groups in total. The van der Waals surface area contributed by atoms with E-state index in [0.29, 0.717) is 23.9 Å². The van der Waals surface area contributed by atoms with E-state index in [2.05, 4.69) is 26.7 Å². The second-order valence-electron chi connectivity index (χ2n) is 5.61. The number of nitriles is 1. The van der Waals surface area contributed by atoms with Crippen LogP contribution in [0.1, 0.15) is 18.2 Å². The van der Waals surface area contributed by atoms with Gasteiger partial charge in [0.1, 0.15) is 11.6 Å². The maximum absolute atomic E-state index is 8.87. The Labute approximate surface area is 152 Å². The standard InChI is InChI=1S/C20H19N5O/c1-3-26-18-10-8-17(9-11-18)24-20-22-14(2)12-19(25-20)23-16-6-4-15(13-21)5-7-16/h4-12H,3H2,1-2H3,(H2,22,23,24,25). The van der Waals surface area contributed by atoms with Crippen LogP contribution in [-0.4, -0.2) is 16.6 Å². The molecule has 6 nitrogen and oxygen atoms in total. The van der Waals surface area contributed by atoms with Crippen LogP contribution in [0.2, 0.25) is 0 Å². The van der Waals surface area contributed by atoms with Gasteiger partial charge in [0.2, 0.25) is 5.95 Å². The summed E-state index contributed by atoms with van der Waals surface area (Å²) < 4.78 is 5.44. The number of nitrogens with zero attached hydrogens (tertiary/aromatic N) is 3. The summed E-state index contributed by atoms with van der Waals surface area (Å²) in [6.45, 7) is 4.50. The lowest BCUT2D eigenvalue weighted by atomic mass is 10.2. The molecular weight excluding hydrogens is 326 g/mol. The lowest BCUT2D eigenvalue weighted by Gasteiger charge is -2.10. The molecule has 0 saturated carbocycles. The highest BCUT2D eigenvalue weighted by Crippen LogP contribution is 2.21. The van der Waals surface area contributed by atoms with Crippen molar-refractivity contribution in [3.8, 4) is 11.8 Å². The summed E-state index contributed by atoms with van der Waals surface area (Å²) in [6, 6.07) is 18.8. The van der Waals surface area contributed by atoms with Crippen LogP contribution < -0.4 is 15.4 Å². The van der Waals surface area contributed by atoms with Gasteiger partial charge in [-0.05, 0) is 62.4 Å². The molecule has 3 rings (SSSR count). The van der Waals surface area contributed by atoms with Crippen molar-refractivity contribution in [3.63, 3.8) is 0 Å². The van der Waals surface area contributed by atoms with Gasteiger partial charge in [-0.15, -0.1) is 0 Å². The molecule has 0 aliphatic rings. The number of benzene rings is 2. The number of hydrogen-bond donors (Lipinski definition) is 2. The Hall–Kier alpha value is -3.59. The second kappa shape index (κ2) is 7.99. The molecule has 1 heterocycles. The molecule has 0 aliphatic heterocycles. The SMILES string of the molecule is CCOc1ccc(Nc2nc(C)cc(Nc3ccc(C#N)cc3)n2)cc1. The molecular formula is C20H19N5O. The number of ether oxygens (including phenoxy) is 1.